The Balaban J connectivity index is 1.49. The highest BCUT2D eigenvalue weighted by atomic mass is 16.7. The minimum Gasteiger partial charge on any atom is -0.454 e. The van der Waals surface area contributed by atoms with Gasteiger partial charge in [0.2, 0.25) is 6.79 Å². The third-order valence-corrected chi connectivity index (χ3v) is 4.04. The van der Waals surface area contributed by atoms with Crippen molar-refractivity contribution in [1.82, 2.24) is 10.2 Å². The van der Waals surface area contributed by atoms with Crippen LogP contribution in [0.3, 0.4) is 0 Å². The van der Waals surface area contributed by atoms with Crippen molar-refractivity contribution in [3.63, 3.8) is 0 Å². The van der Waals surface area contributed by atoms with Crippen molar-refractivity contribution < 1.29 is 9.47 Å². The fourth-order valence-electron chi connectivity index (χ4n) is 2.91. The van der Waals surface area contributed by atoms with Gasteiger partial charge in [-0.15, -0.1) is 0 Å². The molecule has 0 bridgehead atoms. The minimum absolute atomic E-state index is 0.348. The summed E-state index contributed by atoms with van der Waals surface area (Å²) in [6.07, 6.45) is 1.31. The average Bonchev–Trinajstić information content (AvgIpc) is 3.07. The van der Waals surface area contributed by atoms with E-state index in [4.69, 9.17) is 9.47 Å². The molecule has 1 saturated heterocycles. The van der Waals surface area contributed by atoms with Crippen molar-refractivity contribution in [3.05, 3.63) is 23.8 Å². The molecule has 0 aliphatic carbocycles. The first kappa shape index (κ1) is 12.8. The van der Waals surface area contributed by atoms with Crippen LogP contribution in [0.5, 0.6) is 11.5 Å². The summed E-state index contributed by atoms with van der Waals surface area (Å²) in [5.74, 6) is 2.57. The van der Waals surface area contributed by atoms with Crippen molar-refractivity contribution in [2.75, 3.05) is 33.0 Å². The SMILES string of the molecule is CCN1CCC(CNCc2cccc3c2OCO3)C1. The van der Waals surface area contributed by atoms with Crippen molar-refractivity contribution in [3.8, 4) is 11.5 Å². The molecule has 0 saturated carbocycles. The number of fused-ring (bicyclic) bond motifs is 1. The first-order valence-corrected chi connectivity index (χ1v) is 7.17. The van der Waals surface area contributed by atoms with E-state index < -0.39 is 0 Å². The van der Waals surface area contributed by atoms with Gasteiger partial charge in [0.1, 0.15) is 0 Å². The molecule has 0 amide bonds. The lowest BCUT2D eigenvalue weighted by atomic mass is 10.1. The van der Waals surface area contributed by atoms with Crippen molar-refractivity contribution in [2.24, 2.45) is 5.92 Å². The third kappa shape index (κ3) is 2.85. The highest BCUT2D eigenvalue weighted by Crippen LogP contribution is 2.35. The van der Waals surface area contributed by atoms with Gasteiger partial charge in [-0.25, -0.2) is 0 Å². The maximum atomic E-state index is 5.52. The summed E-state index contributed by atoms with van der Waals surface area (Å²) in [5, 5.41) is 3.56. The minimum atomic E-state index is 0.348. The topological polar surface area (TPSA) is 33.7 Å². The van der Waals surface area contributed by atoms with Gasteiger partial charge in [-0.05, 0) is 38.0 Å². The van der Waals surface area contributed by atoms with E-state index in [1.165, 1.54) is 31.6 Å². The zero-order valence-corrected chi connectivity index (χ0v) is 11.5. The number of benzene rings is 1. The maximum Gasteiger partial charge on any atom is 0.231 e. The average molecular weight is 262 g/mol. The van der Waals surface area contributed by atoms with Gasteiger partial charge in [0, 0.05) is 18.7 Å². The molecule has 2 heterocycles. The van der Waals surface area contributed by atoms with E-state index in [2.05, 4.69) is 23.2 Å². The number of ether oxygens (including phenoxy) is 2. The van der Waals surface area contributed by atoms with E-state index in [1.807, 2.05) is 12.1 Å². The van der Waals surface area contributed by atoms with Crippen molar-refractivity contribution in [2.45, 2.75) is 19.9 Å². The first-order chi connectivity index (χ1) is 9.36. The third-order valence-electron chi connectivity index (χ3n) is 4.04. The van der Waals surface area contributed by atoms with E-state index >= 15 is 0 Å². The number of hydrogen-bond donors (Lipinski definition) is 1. The number of rotatable bonds is 5. The van der Waals surface area contributed by atoms with Crippen LogP contribution in [0.25, 0.3) is 0 Å². The van der Waals surface area contributed by atoms with Crippen molar-refractivity contribution in [1.29, 1.82) is 0 Å². The molecule has 104 valence electrons. The van der Waals surface area contributed by atoms with Gasteiger partial charge in [0.25, 0.3) is 0 Å². The molecule has 1 N–H and O–H groups in total. The molecule has 0 spiro atoms. The number of hydrogen-bond acceptors (Lipinski definition) is 4. The summed E-state index contributed by atoms with van der Waals surface area (Å²) in [6.45, 7) is 8.18. The molecule has 2 aliphatic rings. The maximum absolute atomic E-state index is 5.52. The molecule has 3 rings (SSSR count). The zero-order valence-electron chi connectivity index (χ0n) is 11.5. The molecular formula is C15H22N2O2. The van der Waals surface area contributed by atoms with Crippen LogP contribution in [0.4, 0.5) is 0 Å². The van der Waals surface area contributed by atoms with Gasteiger partial charge in [-0.1, -0.05) is 19.1 Å². The van der Waals surface area contributed by atoms with Crippen LogP contribution in [0, 0.1) is 5.92 Å². The summed E-state index contributed by atoms with van der Waals surface area (Å²) < 4.78 is 10.9. The molecule has 2 aliphatic heterocycles. The van der Waals surface area contributed by atoms with Crippen LogP contribution in [0.1, 0.15) is 18.9 Å². The van der Waals surface area contributed by atoms with Crippen molar-refractivity contribution >= 4 is 0 Å². The molecule has 0 radical (unpaired) electrons. The monoisotopic (exact) mass is 262 g/mol. The molecule has 1 fully saturated rings. The Bertz CT molecular complexity index is 436. The highest BCUT2D eigenvalue weighted by molar-refractivity contribution is 5.48. The predicted molar refractivity (Wildman–Crippen MR) is 74.5 cm³/mol. The van der Waals surface area contributed by atoms with Crippen LogP contribution < -0.4 is 14.8 Å². The Morgan fingerprint density at radius 1 is 1.37 bits per heavy atom. The largest absolute Gasteiger partial charge is 0.454 e. The van der Waals surface area contributed by atoms with E-state index in [9.17, 15) is 0 Å². The van der Waals surface area contributed by atoms with Gasteiger partial charge in [-0.3, -0.25) is 0 Å². The number of para-hydroxylation sites is 1. The molecule has 1 aromatic rings. The standard InChI is InChI=1S/C15H22N2O2/c1-2-17-7-6-12(10-17)8-16-9-13-4-3-5-14-15(13)19-11-18-14/h3-5,12,16H,2,6-11H2,1H3. The lowest BCUT2D eigenvalue weighted by molar-refractivity contribution is 0.173. The number of likely N-dealkylation sites (tertiary alicyclic amines) is 1. The van der Waals surface area contributed by atoms with E-state index in [-0.39, 0.29) is 0 Å². The normalized spacial score (nSPS) is 22.1. The second kappa shape index (κ2) is 5.80. The number of nitrogens with zero attached hydrogens (tertiary/aromatic N) is 1. The molecule has 19 heavy (non-hydrogen) atoms. The summed E-state index contributed by atoms with van der Waals surface area (Å²) in [6, 6.07) is 6.09. The molecule has 0 aromatic heterocycles. The molecular weight excluding hydrogens is 240 g/mol. The quantitative estimate of drug-likeness (QED) is 0.878. The lowest BCUT2D eigenvalue weighted by Gasteiger charge is -2.14. The van der Waals surface area contributed by atoms with Crippen LogP contribution in [0.15, 0.2) is 18.2 Å². The zero-order chi connectivity index (χ0) is 13.1. The second-order valence-electron chi connectivity index (χ2n) is 5.33. The predicted octanol–water partition coefficient (Wildman–Crippen LogP) is 1.85. The van der Waals surface area contributed by atoms with Gasteiger partial charge in [0.15, 0.2) is 11.5 Å². The van der Waals surface area contributed by atoms with Gasteiger partial charge in [-0.2, -0.15) is 0 Å². The summed E-state index contributed by atoms with van der Waals surface area (Å²) in [7, 11) is 0. The van der Waals surface area contributed by atoms with Crippen LogP contribution in [0.2, 0.25) is 0 Å². The lowest BCUT2D eigenvalue weighted by Crippen LogP contribution is -2.26. The van der Waals surface area contributed by atoms with Crippen LogP contribution in [-0.4, -0.2) is 37.9 Å². The van der Waals surface area contributed by atoms with Gasteiger partial charge in [0.05, 0.1) is 0 Å². The smallest absolute Gasteiger partial charge is 0.231 e. The Labute approximate surface area is 114 Å². The molecule has 1 aromatic carbocycles. The highest BCUT2D eigenvalue weighted by Gasteiger charge is 2.21. The molecule has 4 heteroatoms. The Hall–Kier alpha value is -1.26. The fourth-order valence-corrected chi connectivity index (χ4v) is 2.91. The fraction of sp³-hybridized carbons (Fsp3) is 0.600. The van der Waals surface area contributed by atoms with Crippen LogP contribution in [-0.2, 0) is 6.54 Å². The molecule has 1 atom stereocenters. The summed E-state index contributed by atoms with van der Waals surface area (Å²) in [5.41, 5.74) is 1.19. The molecule has 4 nitrogen and oxygen atoms in total. The van der Waals surface area contributed by atoms with E-state index in [1.54, 1.807) is 0 Å². The Morgan fingerprint density at radius 3 is 3.16 bits per heavy atom. The van der Waals surface area contributed by atoms with Crippen LogP contribution >= 0.6 is 0 Å². The first-order valence-electron chi connectivity index (χ1n) is 7.17. The van der Waals surface area contributed by atoms with E-state index in [0.29, 0.717) is 6.79 Å². The van der Waals surface area contributed by atoms with Gasteiger partial charge < -0.3 is 19.7 Å². The van der Waals surface area contributed by atoms with Gasteiger partial charge >= 0.3 is 0 Å². The summed E-state index contributed by atoms with van der Waals surface area (Å²) >= 11 is 0. The Kier molecular flexibility index (Phi) is 3.89. The Morgan fingerprint density at radius 2 is 2.32 bits per heavy atom. The second-order valence-corrected chi connectivity index (χ2v) is 5.33. The van der Waals surface area contributed by atoms with E-state index in [0.717, 1.165) is 30.5 Å². The molecule has 1 unspecified atom stereocenters. The summed E-state index contributed by atoms with van der Waals surface area (Å²) in [4.78, 5) is 2.52. The number of nitrogens with one attached hydrogen (secondary N) is 1.